The number of benzene rings is 9. The van der Waals surface area contributed by atoms with Crippen LogP contribution >= 0.6 is 0 Å². The van der Waals surface area contributed by atoms with Crippen molar-refractivity contribution in [2.75, 3.05) is 4.90 Å². The molecule has 1 aliphatic carbocycles. The van der Waals surface area contributed by atoms with Crippen molar-refractivity contribution < 1.29 is 0 Å². The predicted octanol–water partition coefficient (Wildman–Crippen LogP) is 14.3. The molecule has 0 saturated carbocycles. The third kappa shape index (κ3) is 4.47. The highest BCUT2D eigenvalue weighted by molar-refractivity contribution is 6.13. The topological polar surface area (TPSA) is 8.17 Å². The van der Waals surface area contributed by atoms with E-state index in [0.29, 0.717) is 0 Å². The maximum absolute atomic E-state index is 2.51. The van der Waals surface area contributed by atoms with Gasteiger partial charge in [-0.15, -0.1) is 0 Å². The summed E-state index contributed by atoms with van der Waals surface area (Å²) in [7, 11) is 0. The lowest BCUT2D eigenvalue weighted by Crippen LogP contribution is -2.33. The summed E-state index contributed by atoms with van der Waals surface area (Å²) in [5.41, 5.74) is 19.4. The molecule has 1 atom stereocenters. The summed E-state index contributed by atoms with van der Waals surface area (Å²) in [4.78, 5) is 2.38. The Kier molecular flexibility index (Phi) is 6.88. The van der Waals surface area contributed by atoms with Crippen molar-refractivity contribution in [3.8, 4) is 39.1 Å². The predicted molar refractivity (Wildman–Crippen MR) is 237 cm³/mol. The van der Waals surface area contributed by atoms with Crippen LogP contribution in [0.15, 0.2) is 218 Å². The monoisotopic (exact) mass is 724 g/mol. The average Bonchev–Trinajstić information content (AvgIpc) is 3.78. The Morgan fingerprint density at radius 1 is 0.351 bits per heavy atom. The van der Waals surface area contributed by atoms with Gasteiger partial charge in [0.05, 0.1) is 22.1 Å². The van der Waals surface area contributed by atoms with Crippen LogP contribution in [-0.4, -0.2) is 4.57 Å². The first-order valence-electron chi connectivity index (χ1n) is 19.8. The first-order valence-corrected chi connectivity index (χ1v) is 19.8. The minimum absolute atomic E-state index is 0.492. The Hall–Kier alpha value is -7.42. The number of aromatic nitrogens is 1. The largest absolute Gasteiger partial charge is 0.310 e. The molecule has 0 N–H and O–H groups in total. The smallest absolute Gasteiger partial charge is 0.0754 e. The third-order valence-electron chi connectivity index (χ3n) is 12.4. The van der Waals surface area contributed by atoms with E-state index >= 15 is 0 Å². The number of nitrogens with zero attached hydrogens (tertiary/aromatic N) is 2. The molecular weight excluding hydrogens is 689 g/mol. The van der Waals surface area contributed by atoms with Crippen LogP contribution in [0.3, 0.4) is 0 Å². The van der Waals surface area contributed by atoms with Crippen molar-refractivity contribution in [3.63, 3.8) is 0 Å². The molecule has 2 nitrogen and oxygen atoms in total. The zero-order valence-electron chi connectivity index (χ0n) is 31.2. The van der Waals surface area contributed by atoms with Gasteiger partial charge >= 0.3 is 0 Å². The van der Waals surface area contributed by atoms with E-state index in [2.05, 4.69) is 228 Å². The van der Waals surface area contributed by atoms with Gasteiger partial charge in [-0.2, -0.15) is 0 Å². The molecule has 1 spiro atoms. The summed E-state index contributed by atoms with van der Waals surface area (Å²) in [5.74, 6) is 0. The van der Waals surface area contributed by atoms with E-state index in [1.807, 2.05) is 0 Å². The number of fused-ring (bicyclic) bond motifs is 12. The van der Waals surface area contributed by atoms with Gasteiger partial charge in [0.25, 0.3) is 0 Å². The maximum atomic E-state index is 2.51. The van der Waals surface area contributed by atoms with Crippen LogP contribution in [0.5, 0.6) is 0 Å². The Morgan fingerprint density at radius 3 is 1.74 bits per heavy atom. The number of rotatable bonds is 5. The van der Waals surface area contributed by atoms with E-state index in [4.69, 9.17) is 0 Å². The lowest BCUT2D eigenvalue weighted by Gasteiger charge is -2.39. The standard InChI is InChI=1S/C55H36N2/c1-3-17-37(18-4-1)38-19-13-23-41(35-38)56(40-21-5-2-6-22-40)42-24-14-20-39(36-42)43-27-15-31-49-53(43)46-26-7-9-29-47(46)55(49)48-30-10-12-34-52(48)57-51-33-11-8-25-44(51)45-28-16-32-50(55)54(45)57/h1-36H. The lowest BCUT2D eigenvalue weighted by molar-refractivity contribution is 0.748. The molecule has 266 valence electrons. The van der Waals surface area contributed by atoms with Gasteiger partial charge in [0, 0.05) is 27.8 Å². The first kappa shape index (κ1) is 31.9. The van der Waals surface area contributed by atoms with Gasteiger partial charge < -0.3 is 9.47 Å². The van der Waals surface area contributed by atoms with Gasteiger partial charge in [-0.1, -0.05) is 170 Å². The summed E-state index contributed by atoms with van der Waals surface area (Å²) >= 11 is 0. The highest BCUT2D eigenvalue weighted by atomic mass is 15.1. The van der Waals surface area contributed by atoms with E-state index < -0.39 is 5.41 Å². The van der Waals surface area contributed by atoms with Crippen LogP contribution in [0.1, 0.15) is 22.3 Å². The zero-order valence-corrected chi connectivity index (χ0v) is 31.2. The van der Waals surface area contributed by atoms with E-state index in [-0.39, 0.29) is 0 Å². The molecule has 0 radical (unpaired) electrons. The number of anilines is 3. The third-order valence-corrected chi connectivity index (χ3v) is 12.4. The van der Waals surface area contributed by atoms with Crippen LogP contribution in [0, 0.1) is 0 Å². The minimum Gasteiger partial charge on any atom is -0.310 e. The number of para-hydroxylation sites is 4. The summed E-state index contributed by atoms with van der Waals surface area (Å²) in [5, 5.41) is 2.58. The molecule has 2 heteroatoms. The quantitative estimate of drug-likeness (QED) is 0.172. The van der Waals surface area contributed by atoms with Gasteiger partial charge in [0.2, 0.25) is 0 Å². The normalized spacial score (nSPS) is 14.7. The van der Waals surface area contributed by atoms with E-state index in [0.717, 1.165) is 17.1 Å². The molecule has 10 aromatic rings. The second-order valence-corrected chi connectivity index (χ2v) is 15.2. The van der Waals surface area contributed by atoms with Crippen molar-refractivity contribution in [1.82, 2.24) is 4.57 Å². The maximum Gasteiger partial charge on any atom is 0.0754 e. The number of hydrogen-bond donors (Lipinski definition) is 0. The fourth-order valence-corrected chi connectivity index (χ4v) is 10.1. The second kappa shape index (κ2) is 12.3. The molecule has 2 aliphatic rings. The molecule has 0 saturated heterocycles. The van der Waals surface area contributed by atoms with Crippen LogP contribution in [-0.2, 0) is 5.41 Å². The Morgan fingerprint density at radius 2 is 0.895 bits per heavy atom. The molecule has 0 bridgehead atoms. The Balaban J connectivity index is 1.10. The lowest BCUT2D eigenvalue weighted by atomic mass is 9.65. The SMILES string of the molecule is c1ccc(-c2cccc(N(c3ccccc3)c3cccc(-c4cccc5c4-c4ccccc4C54c5ccccc5-n5c6ccccc6c6cccc4c65)c3)c2)cc1. The summed E-state index contributed by atoms with van der Waals surface area (Å²) in [6.45, 7) is 0. The zero-order chi connectivity index (χ0) is 37.5. The molecule has 2 heterocycles. The molecular formula is C55H36N2. The highest BCUT2D eigenvalue weighted by Gasteiger charge is 2.51. The summed E-state index contributed by atoms with van der Waals surface area (Å²) in [6.07, 6.45) is 0. The minimum atomic E-state index is -0.492. The van der Waals surface area contributed by atoms with Crippen LogP contribution < -0.4 is 4.90 Å². The second-order valence-electron chi connectivity index (χ2n) is 15.2. The first-order chi connectivity index (χ1) is 28.3. The van der Waals surface area contributed by atoms with Gasteiger partial charge in [-0.25, -0.2) is 0 Å². The van der Waals surface area contributed by atoms with Crippen molar-refractivity contribution in [1.29, 1.82) is 0 Å². The van der Waals surface area contributed by atoms with Crippen molar-refractivity contribution in [3.05, 3.63) is 241 Å². The van der Waals surface area contributed by atoms with Crippen LogP contribution in [0.2, 0.25) is 0 Å². The van der Waals surface area contributed by atoms with Crippen LogP contribution in [0.25, 0.3) is 60.9 Å². The fourth-order valence-electron chi connectivity index (χ4n) is 10.1. The van der Waals surface area contributed by atoms with Gasteiger partial charge in [-0.3, -0.25) is 0 Å². The molecule has 12 rings (SSSR count). The highest BCUT2D eigenvalue weighted by Crippen LogP contribution is 2.62. The van der Waals surface area contributed by atoms with E-state index in [1.54, 1.807) is 0 Å². The summed E-state index contributed by atoms with van der Waals surface area (Å²) in [6, 6.07) is 80.4. The molecule has 1 unspecified atom stereocenters. The molecule has 9 aromatic carbocycles. The molecule has 0 amide bonds. The van der Waals surface area contributed by atoms with E-state index in [9.17, 15) is 0 Å². The van der Waals surface area contributed by atoms with Crippen LogP contribution in [0.4, 0.5) is 17.1 Å². The molecule has 1 aromatic heterocycles. The van der Waals surface area contributed by atoms with Crippen molar-refractivity contribution >= 4 is 38.9 Å². The van der Waals surface area contributed by atoms with Gasteiger partial charge in [0.1, 0.15) is 0 Å². The molecule has 1 aliphatic heterocycles. The molecule has 0 fully saturated rings. The van der Waals surface area contributed by atoms with E-state index in [1.165, 1.54) is 83.1 Å². The average molecular weight is 725 g/mol. The van der Waals surface area contributed by atoms with Crippen molar-refractivity contribution in [2.24, 2.45) is 0 Å². The van der Waals surface area contributed by atoms with Crippen molar-refractivity contribution in [2.45, 2.75) is 5.41 Å². The fraction of sp³-hybridized carbons (Fsp3) is 0.0182. The summed E-state index contributed by atoms with van der Waals surface area (Å²) < 4.78 is 2.51. The van der Waals surface area contributed by atoms with Gasteiger partial charge in [0.15, 0.2) is 0 Å². The number of hydrogen-bond acceptors (Lipinski definition) is 1. The Labute approximate surface area is 332 Å². The Bertz CT molecular complexity index is 3190. The molecule has 57 heavy (non-hydrogen) atoms. The van der Waals surface area contributed by atoms with Gasteiger partial charge in [-0.05, 0) is 104 Å².